The first kappa shape index (κ1) is 23.1. The highest BCUT2D eigenvalue weighted by Crippen LogP contribution is 2.34. The first-order valence-electron chi connectivity index (χ1n) is 10.8. The molecule has 0 saturated heterocycles. The van der Waals surface area contributed by atoms with Gasteiger partial charge in [0.1, 0.15) is 5.78 Å². The number of carboxylic acids is 1. The van der Waals surface area contributed by atoms with E-state index in [0.29, 0.717) is 24.2 Å². The summed E-state index contributed by atoms with van der Waals surface area (Å²) in [6.07, 6.45) is 9.48. The molecule has 29 heavy (non-hydrogen) atoms. The third kappa shape index (κ3) is 7.26. The maximum absolute atomic E-state index is 12.5. The number of unbranched alkanes of at least 4 members (excludes halogenated alkanes) is 3. The van der Waals surface area contributed by atoms with E-state index in [1.54, 1.807) is 6.08 Å². The molecule has 0 radical (unpaired) electrons. The van der Waals surface area contributed by atoms with E-state index in [1.807, 2.05) is 30.3 Å². The Morgan fingerprint density at radius 1 is 1.07 bits per heavy atom. The summed E-state index contributed by atoms with van der Waals surface area (Å²) >= 11 is 0. The molecule has 4 heteroatoms. The molecule has 0 bridgehead atoms. The molecule has 0 aromatic heterocycles. The lowest BCUT2D eigenvalue weighted by Gasteiger charge is -2.18. The van der Waals surface area contributed by atoms with Crippen molar-refractivity contribution >= 4 is 17.5 Å². The summed E-state index contributed by atoms with van der Waals surface area (Å²) in [5, 5.41) is 8.67. The topological polar surface area (TPSA) is 71.4 Å². The Labute approximate surface area is 174 Å². The van der Waals surface area contributed by atoms with Crippen molar-refractivity contribution in [3.63, 3.8) is 0 Å². The normalized spacial score (nSPS) is 19.8. The molecule has 158 valence electrons. The maximum atomic E-state index is 12.5. The fourth-order valence-corrected chi connectivity index (χ4v) is 3.98. The van der Waals surface area contributed by atoms with Crippen LogP contribution in [0.4, 0.5) is 0 Å². The maximum Gasteiger partial charge on any atom is 0.303 e. The molecule has 1 fully saturated rings. The van der Waals surface area contributed by atoms with Crippen LogP contribution in [-0.4, -0.2) is 22.6 Å². The van der Waals surface area contributed by atoms with Gasteiger partial charge in [-0.1, -0.05) is 70.4 Å². The molecule has 1 aromatic rings. The fourth-order valence-electron chi connectivity index (χ4n) is 3.98. The predicted molar refractivity (Wildman–Crippen MR) is 115 cm³/mol. The van der Waals surface area contributed by atoms with E-state index in [1.165, 1.54) is 5.56 Å². The number of hydrogen-bond donors (Lipinski definition) is 1. The van der Waals surface area contributed by atoms with Crippen molar-refractivity contribution in [2.75, 3.05) is 0 Å². The highest BCUT2D eigenvalue weighted by Gasteiger charge is 2.32. The quantitative estimate of drug-likeness (QED) is 0.310. The number of carboxylic acid groups (broad SMARTS) is 1. The lowest BCUT2D eigenvalue weighted by atomic mass is 9.86. The van der Waals surface area contributed by atoms with Crippen molar-refractivity contribution in [1.29, 1.82) is 0 Å². The van der Waals surface area contributed by atoms with Crippen LogP contribution in [0.25, 0.3) is 0 Å². The molecular weight excluding hydrogens is 364 g/mol. The molecule has 2 atom stereocenters. The number of ketones is 2. The highest BCUT2D eigenvalue weighted by molar-refractivity contribution is 6.04. The molecule has 1 aliphatic rings. The van der Waals surface area contributed by atoms with E-state index in [4.69, 9.17) is 5.11 Å². The zero-order valence-corrected chi connectivity index (χ0v) is 17.9. The molecular formula is C25H34O4. The fraction of sp³-hybridized carbons (Fsp3) is 0.560. The van der Waals surface area contributed by atoms with Gasteiger partial charge in [-0.2, -0.15) is 0 Å². The van der Waals surface area contributed by atoms with Gasteiger partial charge in [-0.25, -0.2) is 0 Å². The third-order valence-corrected chi connectivity index (χ3v) is 5.84. The van der Waals surface area contributed by atoms with Crippen LogP contribution in [0, 0.1) is 11.8 Å². The van der Waals surface area contributed by atoms with E-state index >= 15 is 0 Å². The standard InChI is InChI=1S/C25H34O4/c1-25(2,3)20-14-10-19(11-15-20)22(26)16-12-18-13-17-23(27)21(18)8-6-4-5-7-9-24(28)29/h10-12,14-16,18,21H,4-9,13,17H2,1-3H3,(H,28,29)/b16-12+. The van der Waals surface area contributed by atoms with Crippen molar-refractivity contribution < 1.29 is 19.5 Å². The zero-order chi connectivity index (χ0) is 21.4. The SMILES string of the molecule is CC(C)(C)c1ccc(C(=O)/C=C/C2CCC(=O)C2CCCCCCC(=O)O)cc1. The van der Waals surface area contributed by atoms with E-state index < -0.39 is 5.97 Å². The molecule has 0 heterocycles. The summed E-state index contributed by atoms with van der Waals surface area (Å²) in [5.41, 5.74) is 1.93. The minimum Gasteiger partial charge on any atom is -0.481 e. The Balaban J connectivity index is 1.86. The molecule has 0 amide bonds. The Hall–Kier alpha value is -2.23. The van der Waals surface area contributed by atoms with Crippen LogP contribution in [0.2, 0.25) is 0 Å². The molecule has 0 spiro atoms. The van der Waals surface area contributed by atoms with Crippen LogP contribution >= 0.6 is 0 Å². The van der Waals surface area contributed by atoms with Crippen LogP contribution < -0.4 is 0 Å². The average molecular weight is 399 g/mol. The van der Waals surface area contributed by atoms with Crippen LogP contribution in [0.3, 0.4) is 0 Å². The van der Waals surface area contributed by atoms with E-state index in [2.05, 4.69) is 20.8 Å². The van der Waals surface area contributed by atoms with Crippen molar-refractivity contribution in [3.05, 3.63) is 47.5 Å². The number of allylic oxidation sites excluding steroid dienone is 2. The molecule has 1 N–H and O–H groups in total. The van der Waals surface area contributed by atoms with Gasteiger partial charge in [-0.05, 0) is 42.2 Å². The van der Waals surface area contributed by atoms with Crippen molar-refractivity contribution in [3.8, 4) is 0 Å². The minimum absolute atomic E-state index is 0.00166. The number of benzene rings is 1. The van der Waals surface area contributed by atoms with Gasteiger partial charge in [0.25, 0.3) is 0 Å². The molecule has 1 saturated carbocycles. The highest BCUT2D eigenvalue weighted by atomic mass is 16.4. The van der Waals surface area contributed by atoms with Crippen molar-refractivity contribution in [1.82, 2.24) is 0 Å². The summed E-state index contributed by atoms with van der Waals surface area (Å²) in [7, 11) is 0. The molecule has 1 aliphatic carbocycles. The van der Waals surface area contributed by atoms with Crippen molar-refractivity contribution in [2.45, 2.75) is 77.6 Å². The van der Waals surface area contributed by atoms with Gasteiger partial charge in [0.2, 0.25) is 0 Å². The number of carbonyl (C=O) groups excluding carboxylic acids is 2. The van der Waals surface area contributed by atoms with Gasteiger partial charge < -0.3 is 5.11 Å². The molecule has 1 aromatic carbocycles. The summed E-state index contributed by atoms with van der Waals surface area (Å²) < 4.78 is 0. The largest absolute Gasteiger partial charge is 0.481 e. The second kappa shape index (κ2) is 10.5. The molecule has 2 rings (SSSR count). The molecule has 2 unspecified atom stereocenters. The van der Waals surface area contributed by atoms with E-state index in [-0.39, 0.29) is 29.5 Å². The Morgan fingerprint density at radius 2 is 1.72 bits per heavy atom. The summed E-state index contributed by atoms with van der Waals surface area (Å²) in [5.74, 6) is -0.329. The Bertz CT molecular complexity index is 737. The van der Waals surface area contributed by atoms with Gasteiger partial charge >= 0.3 is 5.97 Å². The first-order valence-corrected chi connectivity index (χ1v) is 10.8. The Morgan fingerprint density at radius 3 is 2.34 bits per heavy atom. The van der Waals surface area contributed by atoms with Crippen molar-refractivity contribution in [2.24, 2.45) is 11.8 Å². The van der Waals surface area contributed by atoms with Gasteiger partial charge in [-0.3, -0.25) is 14.4 Å². The second-order valence-electron chi connectivity index (χ2n) is 9.17. The average Bonchev–Trinajstić information content (AvgIpc) is 3.01. The predicted octanol–water partition coefficient (Wildman–Crippen LogP) is 5.74. The van der Waals surface area contributed by atoms with Crippen LogP contribution in [0.15, 0.2) is 36.4 Å². The summed E-state index contributed by atoms with van der Waals surface area (Å²) in [6, 6.07) is 7.77. The van der Waals surface area contributed by atoms with Gasteiger partial charge in [0.05, 0.1) is 0 Å². The molecule has 4 nitrogen and oxygen atoms in total. The number of hydrogen-bond acceptors (Lipinski definition) is 3. The van der Waals surface area contributed by atoms with Gasteiger partial charge in [0.15, 0.2) is 5.78 Å². The van der Waals surface area contributed by atoms with E-state index in [0.717, 1.165) is 32.1 Å². The van der Waals surface area contributed by atoms with Gasteiger partial charge in [-0.15, -0.1) is 0 Å². The first-order chi connectivity index (χ1) is 13.7. The lowest BCUT2D eigenvalue weighted by molar-refractivity contribution is -0.137. The lowest BCUT2D eigenvalue weighted by Crippen LogP contribution is -2.13. The summed E-state index contributed by atoms with van der Waals surface area (Å²) in [4.78, 5) is 35.3. The number of Topliss-reactive ketones (excluding diaryl/α,β-unsaturated/α-hetero) is 1. The molecule has 0 aliphatic heterocycles. The number of rotatable bonds is 10. The Kier molecular flexibility index (Phi) is 8.36. The van der Waals surface area contributed by atoms with E-state index in [9.17, 15) is 14.4 Å². The zero-order valence-electron chi connectivity index (χ0n) is 17.9. The number of carbonyl (C=O) groups is 3. The summed E-state index contributed by atoms with van der Waals surface area (Å²) in [6.45, 7) is 6.44. The van der Waals surface area contributed by atoms with Crippen LogP contribution in [0.5, 0.6) is 0 Å². The minimum atomic E-state index is -0.751. The second-order valence-corrected chi connectivity index (χ2v) is 9.17. The van der Waals surface area contributed by atoms with Crippen LogP contribution in [0.1, 0.15) is 88.1 Å². The smallest absolute Gasteiger partial charge is 0.303 e. The third-order valence-electron chi connectivity index (χ3n) is 5.84. The van der Waals surface area contributed by atoms with Crippen LogP contribution in [-0.2, 0) is 15.0 Å². The van der Waals surface area contributed by atoms with Gasteiger partial charge in [0, 0.05) is 24.3 Å². The number of aliphatic carboxylic acids is 1. The monoisotopic (exact) mass is 398 g/mol.